The van der Waals surface area contributed by atoms with E-state index in [9.17, 15) is 14.4 Å². The average Bonchev–Trinajstić information content (AvgIpc) is 2.73. The zero-order chi connectivity index (χ0) is 21.8. The van der Waals surface area contributed by atoms with E-state index in [4.69, 9.17) is 23.2 Å². The number of carbonyl (C=O) groups is 2. The van der Waals surface area contributed by atoms with Crippen LogP contribution in [0.15, 0.2) is 47.3 Å². The van der Waals surface area contributed by atoms with E-state index in [0.29, 0.717) is 21.4 Å². The molecule has 1 aromatic heterocycles. The standard InChI is InChI=1S/C21H20Cl2N4O3/c1-12(2)27-21(30)15-6-4-3-5-14(15)18(26-27)20(29)25-10-9-24-19(28)13-7-8-16(22)17(23)11-13/h3-8,11-12H,9-10H2,1-2H3,(H,24,28)(H,25,29). The first kappa shape index (κ1) is 21.8. The molecule has 0 radical (unpaired) electrons. The molecule has 0 atom stereocenters. The van der Waals surface area contributed by atoms with Gasteiger partial charge in [0.25, 0.3) is 17.4 Å². The lowest BCUT2D eigenvalue weighted by Crippen LogP contribution is -2.36. The van der Waals surface area contributed by atoms with Crippen LogP contribution in [0.1, 0.15) is 40.7 Å². The first-order valence-electron chi connectivity index (χ1n) is 9.32. The van der Waals surface area contributed by atoms with Gasteiger partial charge in [0.2, 0.25) is 0 Å². The van der Waals surface area contributed by atoms with Crippen LogP contribution >= 0.6 is 23.2 Å². The highest BCUT2D eigenvalue weighted by Crippen LogP contribution is 2.22. The molecule has 0 fully saturated rings. The van der Waals surface area contributed by atoms with Gasteiger partial charge in [-0.1, -0.05) is 41.4 Å². The molecule has 0 saturated carbocycles. The minimum absolute atomic E-state index is 0.162. The van der Waals surface area contributed by atoms with E-state index in [1.807, 2.05) is 13.8 Å². The summed E-state index contributed by atoms with van der Waals surface area (Å²) < 4.78 is 1.29. The third-order valence-electron chi connectivity index (χ3n) is 4.41. The van der Waals surface area contributed by atoms with Gasteiger partial charge < -0.3 is 10.6 Å². The van der Waals surface area contributed by atoms with Crippen molar-refractivity contribution in [2.45, 2.75) is 19.9 Å². The summed E-state index contributed by atoms with van der Waals surface area (Å²) in [5.41, 5.74) is 0.285. The molecule has 0 saturated heterocycles. The molecule has 2 aromatic carbocycles. The maximum atomic E-state index is 12.7. The van der Waals surface area contributed by atoms with E-state index < -0.39 is 5.91 Å². The second-order valence-electron chi connectivity index (χ2n) is 6.88. The van der Waals surface area contributed by atoms with Gasteiger partial charge >= 0.3 is 0 Å². The van der Waals surface area contributed by atoms with Crippen LogP contribution in [0.4, 0.5) is 0 Å². The predicted octanol–water partition coefficient (Wildman–Crippen LogP) is 3.44. The Bertz CT molecular complexity index is 1170. The molecule has 0 aliphatic rings. The predicted molar refractivity (Wildman–Crippen MR) is 118 cm³/mol. The van der Waals surface area contributed by atoms with E-state index in [2.05, 4.69) is 15.7 Å². The summed E-state index contributed by atoms with van der Waals surface area (Å²) in [6.07, 6.45) is 0. The van der Waals surface area contributed by atoms with Crippen molar-refractivity contribution in [1.82, 2.24) is 20.4 Å². The topological polar surface area (TPSA) is 93.1 Å². The summed E-state index contributed by atoms with van der Waals surface area (Å²) in [7, 11) is 0. The van der Waals surface area contributed by atoms with Gasteiger partial charge in [-0.3, -0.25) is 14.4 Å². The van der Waals surface area contributed by atoms with Crippen molar-refractivity contribution in [3.05, 3.63) is 74.1 Å². The van der Waals surface area contributed by atoms with Crippen LogP contribution in [0.5, 0.6) is 0 Å². The highest BCUT2D eigenvalue weighted by atomic mass is 35.5. The third kappa shape index (κ3) is 4.63. The van der Waals surface area contributed by atoms with Crippen LogP contribution < -0.4 is 16.2 Å². The smallest absolute Gasteiger partial charge is 0.274 e. The van der Waals surface area contributed by atoms with Gasteiger partial charge in [-0.15, -0.1) is 0 Å². The molecule has 0 unspecified atom stereocenters. The zero-order valence-corrected chi connectivity index (χ0v) is 17.9. The molecule has 1 heterocycles. The van der Waals surface area contributed by atoms with Gasteiger partial charge in [-0.2, -0.15) is 5.10 Å². The van der Waals surface area contributed by atoms with Crippen molar-refractivity contribution in [3.8, 4) is 0 Å². The number of hydrogen-bond acceptors (Lipinski definition) is 4. The molecule has 30 heavy (non-hydrogen) atoms. The molecule has 0 bridgehead atoms. The third-order valence-corrected chi connectivity index (χ3v) is 5.15. The number of carbonyl (C=O) groups excluding carboxylic acids is 2. The molecule has 7 nitrogen and oxygen atoms in total. The van der Waals surface area contributed by atoms with Crippen molar-refractivity contribution < 1.29 is 9.59 Å². The number of rotatable bonds is 6. The lowest BCUT2D eigenvalue weighted by Gasteiger charge is -2.13. The van der Waals surface area contributed by atoms with Gasteiger partial charge in [0.15, 0.2) is 5.69 Å². The van der Waals surface area contributed by atoms with Crippen LogP contribution in [-0.4, -0.2) is 34.7 Å². The quantitative estimate of drug-likeness (QED) is 0.567. The molecule has 9 heteroatoms. The SMILES string of the molecule is CC(C)n1nc(C(=O)NCCNC(=O)c2ccc(Cl)c(Cl)c2)c2ccccc2c1=O. The fraction of sp³-hybridized carbons (Fsp3) is 0.238. The number of nitrogens with one attached hydrogen (secondary N) is 2. The second kappa shape index (κ2) is 9.28. The Balaban J connectivity index is 1.68. The van der Waals surface area contributed by atoms with Crippen LogP contribution in [0.25, 0.3) is 10.8 Å². The second-order valence-corrected chi connectivity index (χ2v) is 7.69. The number of halogens is 2. The highest BCUT2D eigenvalue weighted by molar-refractivity contribution is 6.42. The number of amides is 2. The summed E-state index contributed by atoms with van der Waals surface area (Å²) in [4.78, 5) is 37.4. The molecule has 3 rings (SSSR count). The Morgan fingerprint density at radius 2 is 1.60 bits per heavy atom. The first-order valence-corrected chi connectivity index (χ1v) is 10.1. The van der Waals surface area contributed by atoms with Crippen LogP contribution in [-0.2, 0) is 0 Å². The molecule has 156 valence electrons. The van der Waals surface area contributed by atoms with Gasteiger partial charge in [0.1, 0.15) is 0 Å². The largest absolute Gasteiger partial charge is 0.350 e. The summed E-state index contributed by atoms with van der Waals surface area (Å²) >= 11 is 11.8. The highest BCUT2D eigenvalue weighted by Gasteiger charge is 2.17. The van der Waals surface area contributed by atoms with Gasteiger partial charge in [0.05, 0.1) is 21.5 Å². The first-order chi connectivity index (χ1) is 14.3. The Hall–Kier alpha value is -2.90. The monoisotopic (exact) mass is 446 g/mol. The molecule has 0 spiro atoms. The van der Waals surface area contributed by atoms with Crippen molar-refractivity contribution >= 4 is 45.8 Å². The number of benzene rings is 2. The lowest BCUT2D eigenvalue weighted by molar-refractivity contribution is 0.0924. The van der Waals surface area contributed by atoms with Crippen molar-refractivity contribution in [2.24, 2.45) is 0 Å². The maximum Gasteiger partial charge on any atom is 0.274 e. The van der Waals surface area contributed by atoms with Crippen molar-refractivity contribution in [1.29, 1.82) is 0 Å². The van der Waals surface area contributed by atoms with E-state index in [1.54, 1.807) is 36.4 Å². The fourth-order valence-corrected chi connectivity index (χ4v) is 3.20. The number of fused-ring (bicyclic) bond motifs is 1. The zero-order valence-electron chi connectivity index (χ0n) is 16.4. The van der Waals surface area contributed by atoms with Crippen LogP contribution in [0.3, 0.4) is 0 Å². The summed E-state index contributed by atoms with van der Waals surface area (Å²) in [5.74, 6) is -0.760. The Morgan fingerprint density at radius 1 is 0.967 bits per heavy atom. The van der Waals surface area contributed by atoms with Crippen molar-refractivity contribution in [2.75, 3.05) is 13.1 Å². The molecule has 3 aromatic rings. The Morgan fingerprint density at radius 3 is 2.23 bits per heavy atom. The Labute approximate surface area is 183 Å². The van der Waals surface area contributed by atoms with Gasteiger partial charge in [0, 0.05) is 24.0 Å². The molecular formula is C21H20Cl2N4O3. The average molecular weight is 447 g/mol. The molecule has 0 aliphatic heterocycles. The fourth-order valence-electron chi connectivity index (χ4n) is 2.90. The molecule has 2 N–H and O–H groups in total. The maximum absolute atomic E-state index is 12.7. The Kier molecular flexibility index (Phi) is 6.74. The number of hydrogen-bond donors (Lipinski definition) is 2. The molecule has 0 aliphatic carbocycles. The van der Waals surface area contributed by atoms with Gasteiger partial charge in [-0.05, 0) is 38.1 Å². The lowest BCUT2D eigenvalue weighted by atomic mass is 10.1. The molecule has 2 amide bonds. The van der Waals surface area contributed by atoms with Gasteiger partial charge in [-0.25, -0.2) is 4.68 Å². The summed E-state index contributed by atoms with van der Waals surface area (Å²) in [6.45, 7) is 4.03. The van der Waals surface area contributed by atoms with E-state index in [1.165, 1.54) is 10.7 Å². The minimum atomic E-state index is -0.426. The number of nitrogens with zero attached hydrogens (tertiary/aromatic N) is 2. The summed E-state index contributed by atoms with van der Waals surface area (Å²) in [5, 5.41) is 11.2. The van der Waals surface area contributed by atoms with E-state index >= 15 is 0 Å². The van der Waals surface area contributed by atoms with Crippen molar-refractivity contribution in [3.63, 3.8) is 0 Å². The minimum Gasteiger partial charge on any atom is -0.350 e. The van der Waals surface area contributed by atoms with E-state index in [-0.39, 0.29) is 41.3 Å². The van der Waals surface area contributed by atoms with Crippen LogP contribution in [0, 0.1) is 0 Å². The van der Waals surface area contributed by atoms with Crippen LogP contribution in [0.2, 0.25) is 10.0 Å². The summed E-state index contributed by atoms with van der Waals surface area (Å²) in [6, 6.07) is 11.2. The molecular weight excluding hydrogens is 427 g/mol. The normalized spacial score (nSPS) is 11.0. The number of aromatic nitrogens is 2. The van der Waals surface area contributed by atoms with E-state index in [0.717, 1.165) is 0 Å².